The van der Waals surface area contributed by atoms with Gasteiger partial charge in [-0.05, 0) is 24.3 Å². The zero-order valence-corrected chi connectivity index (χ0v) is 13.0. The highest BCUT2D eigenvalue weighted by Crippen LogP contribution is 2.26. The number of aromatic nitrogens is 3. The van der Waals surface area contributed by atoms with Crippen molar-refractivity contribution in [2.45, 2.75) is 19.3 Å². The zero-order chi connectivity index (χ0) is 15.5. The molecule has 0 aliphatic rings. The molecule has 0 amide bonds. The minimum Gasteiger partial charge on any atom is -0.467 e. The van der Waals surface area contributed by atoms with E-state index in [2.05, 4.69) is 10.3 Å². The van der Waals surface area contributed by atoms with E-state index in [-0.39, 0.29) is 13.2 Å². The van der Waals surface area contributed by atoms with Crippen molar-refractivity contribution in [2.24, 2.45) is 0 Å². The van der Waals surface area contributed by atoms with Gasteiger partial charge in [-0.1, -0.05) is 28.4 Å². The van der Waals surface area contributed by atoms with E-state index in [0.29, 0.717) is 33.4 Å². The van der Waals surface area contributed by atoms with Crippen LogP contribution < -0.4 is 0 Å². The first-order valence-electron chi connectivity index (χ1n) is 6.60. The first kappa shape index (κ1) is 15.3. The molecule has 116 valence electrons. The first-order valence-corrected chi connectivity index (χ1v) is 7.35. The molecule has 1 atom stereocenters. The number of halogens is 2. The summed E-state index contributed by atoms with van der Waals surface area (Å²) in [5, 5.41) is 18.9. The summed E-state index contributed by atoms with van der Waals surface area (Å²) in [5.41, 5.74) is 1.33. The Kier molecular flexibility index (Phi) is 4.63. The molecular formula is C14H13Cl2N3O3. The molecule has 6 nitrogen and oxygen atoms in total. The molecule has 0 bridgehead atoms. The third-order valence-electron chi connectivity index (χ3n) is 3.07. The summed E-state index contributed by atoms with van der Waals surface area (Å²) < 4.78 is 12.1. The maximum atomic E-state index is 10.0. The molecule has 3 aromatic rings. The normalized spacial score (nSPS) is 12.9. The van der Waals surface area contributed by atoms with E-state index in [9.17, 15) is 5.11 Å². The number of hydrogen-bond donors (Lipinski definition) is 1. The summed E-state index contributed by atoms with van der Waals surface area (Å²) >= 11 is 11.9. The van der Waals surface area contributed by atoms with Crippen molar-refractivity contribution in [1.82, 2.24) is 15.0 Å². The van der Waals surface area contributed by atoms with Gasteiger partial charge in [-0.2, -0.15) is 0 Å². The molecule has 22 heavy (non-hydrogen) atoms. The Bertz CT molecular complexity index is 758. The standard InChI is InChI=1S/C14H13Cl2N3O3/c15-11-4-13-14(5-12(11)16)19(18-17-13)6-9(20)7-21-8-10-2-1-3-22-10/h1-5,9,20H,6-8H2/t9-/m1/s1. The highest BCUT2D eigenvalue weighted by Gasteiger charge is 2.12. The average molecular weight is 342 g/mol. The van der Waals surface area contributed by atoms with Crippen LogP contribution in [0.4, 0.5) is 0 Å². The molecule has 2 aromatic heterocycles. The fourth-order valence-corrected chi connectivity index (χ4v) is 2.36. The van der Waals surface area contributed by atoms with Gasteiger partial charge in [0, 0.05) is 0 Å². The Morgan fingerprint density at radius 2 is 2.14 bits per heavy atom. The van der Waals surface area contributed by atoms with Crippen molar-refractivity contribution in [3.8, 4) is 0 Å². The molecule has 0 spiro atoms. The highest BCUT2D eigenvalue weighted by atomic mass is 35.5. The van der Waals surface area contributed by atoms with Crippen LogP contribution in [0.5, 0.6) is 0 Å². The number of rotatable bonds is 6. The lowest BCUT2D eigenvalue weighted by molar-refractivity contribution is 0.0135. The predicted molar refractivity (Wildman–Crippen MR) is 81.9 cm³/mol. The van der Waals surface area contributed by atoms with E-state index in [1.54, 1.807) is 29.1 Å². The van der Waals surface area contributed by atoms with Crippen molar-refractivity contribution in [2.75, 3.05) is 6.61 Å². The molecule has 2 heterocycles. The Labute approximate surface area is 136 Å². The van der Waals surface area contributed by atoms with Crippen molar-refractivity contribution in [3.05, 3.63) is 46.3 Å². The van der Waals surface area contributed by atoms with Crippen LogP contribution >= 0.6 is 23.2 Å². The van der Waals surface area contributed by atoms with Crippen molar-refractivity contribution in [1.29, 1.82) is 0 Å². The van der Waals surface area contributed by atoms with Crippen LogP contribution in [0.15, 0.2) is 34.9 Å². The molecule has 1 aromatic carbocycles. The predicted octanol–water partition coefficient (Wildman–Crippen LogP) is 2.91. The Morgan fingerprint density at radius 3 is 2.91 bits per heavy atom. The van der Waals surface area contributed by atoms with Crippen LogP contribution in [0.25, 0.3) is 11.0 Å². The monoisotopic (exact) mass is 341 g/mol. The second kappa shape index (κ2) is 6.66. The molecule has 1 N–H and O–H groups in total. The van der Waals surface area contributed by atoms with Gasteiger partial charge in [0.05, 0.1) is 41.1 Å². The number of aliphatic hydroxyl groups excluding tert-OH is 1. The number of furan rings is 1. The summed E-state index contributed by atoms with van der Waals surface area (Å²) in [5.74, 6) is 0.708. The summed E-state index contributed by atoms with van der Waals surface area (Å²) in [7, 11) is 0. The summed E-state index contributed by atoms with van der Waals surface area (Å²) in [4.78, 5) is 0. The molecule has 8 heteroatoms. The molecule has 0 aliphatic carbocycles. The number of aliphatic hydroxyl groups is 1. The van der Waals surface area contributed by atoms with Gasteiger partial charge in [0.1, 0.15) is 17.9 Å². The topological polar surface area (TPSA) is 73.3 Å². The number of hydrogen-bond acceptors (Lipinski definition) is 5. The minimum atomic E-state index is -0.727. The van der Waals surface area contributed by atoms with Crippen molar-refractivity contribution >= 4 is 34.2 Å². The number of ether oxygens (including phenoxy) is 1. The highest BCUT2D eigenvalue weighted by molar-refractivity contribution is 6.42. The molecule has 0 aliphatic heterocycles. The molecule has 0 saturated heterocycles. The van der Waals surface area contributed by atoms with E-state index < -0.39 is 6.10 Å². The molecule has 3 rings (SSSR count). The molecule has 0 saturated carbocycles. The minimum absolute atomic E-state index is 0.156. The maximum Gasteiger partial charge on any atom is 0.129 e. The van der Waals surface area contributed by atoms with Gasteiger partial charge in [0.2, 0.25) is 0 Å². The number of benzene rings is 1. The lowest BCUT2D eigenvalue weighted by Crippen LogP contribution is -2.22. The van der Waals surface area contributed by atoms with E-state index in [1.165, 1.54) is 0 Å². The van der Waals surface area contributed by atoms with Crippen LogP contribution in [-0.2, 0) is 17.9 Å². The van der Waals surface area contributed by atoms with Crippen LogP contribution in [-0.4, -0.2) is 32.8 Å². The van der Waals surface area contributed by atoms with Crippen LogP contribution in [0, 0.1) is 0 Å². The maximum absolute atomic E-state index is 10.0. The van der Waals surface area contributed by atoms with Crippen molar-refractivity contribution in [3.63, 3.8) is 0 Å². The second-order valence-corrected chi connectivity index (χ2v) is 5.59. The fourth-order valence-electron chi connectivity index (χ4n) is 2.04. The second-order valence-electron chi connectivity index (χ2n) is 4.77. The third kappa shape index (κ3) is 3.41. The number of nitrogens with zero attached hydrogens (tertiary/aromatic N) is 3. The molecule has 0 radical (unpaired) electrons. The third-order valence-corrected chi connectivity index (χ3v) is 3.80. The molecule has 0 unspecified atom stereocenters. The summed E-state index contributed by atoms with van der Waals surface area (Å²) in [6.07, 6.45) is 0.847. The van der Waals surface area contributed by atoms with Crippen LogP contribution in [0.3, 0.4) is 0 Å². The average Bonchev–Trinajstić information content (AvgIpc) is 3.11. The summed E-state index contributed by atoms with van der Waals surface area (Å²) in [6, 6.07) is 6.91. The lowest BCUT2D eigenvalue weighted by atomic mass is 10.3. The van der Waals surface area contributed by atoms with Gasteiger partial charge < -0.3 is 14.3 Å². The SMILES string of the molecule is O[C@@H](COCc1ccco1)Cn1nnc2cc(Cl)c(Cl)cc21. The van der Waals surface area contributed by atoms with Gasteiger partial charge in [0.25, 0.3) is 0 Å². The van der Waals surface area contributed by atoms with Crippen LogP contribution in [0.1, 0.15) is 5.76 Å². The van der Waals surface area contributed by atoms with Gasteiger partial charge in [-0.15, -0.1) is 5.10 Å². The van der Waals surface area contributed by atoms with Gasteiger partial charge >= 0.3 is 0 Å². The number of fused-ring (bicyclic) bond motifs is 1. The molecular weight excluding hydrogens is 329 g/mol. The molecule has 0 fully saturated rings. The Morgan fingerprint density at radius 1 is 1.32 bits per heavy atom. The van der Waals surface area contributed by atoms with Gasteiger partial charge in [-0.25, -0.2) is 4.68 Å². The zero-order valence-electron chi connectivity index (χ0n) is 11.4. The quantitative estimate of drug-likeness (QED) is 0.746. The Balaban J connectivity index is 1.61. The largest absolute Gasteiger partial charge is 0.467 e. The van der Waals surface area contributed by atoms with E-state index >= 15 is 0 Å². The Hall–Kier alpha value is -1.60. The van der Waals surface area contributed by atoms with Crippen molar-refractivity contribution < 1.29 is 14.3 Å². The summed E-state index contributed by atoms with van der Waals surface area (Å²) in [6.45, 7) is 0.708. The van der Waals surface area contributed by atoms with Crippen LogP contribution in [0.2, 0.25) is 10.0 Å². The fraction of sp³-hybridized carbons (Fsp3) is 0.286. The van der Waals surface area contributed by atoms with E-state index in [0.717, 1.165) is 0 Å². The lowest BCUT2D eigenvalue weighted by Gasteiger charge is -2.11. The van der Waals surface area contributed by atoms with E-state index in [1.807, 2.05) is 6.07 Å². The smallest absolute Gasteiger partial charge is 0.129 e. The van der Waals surface area contributed by atoms with Gasteiger partial charge in [0.15, 0.2) is 0 Å². The van der Waals surface area contributed by atoms with Gasteiger partial charge in [-0.3, -0.25) is 0 Å². The first-order chi connectivity index (χ1) is 10.6. The van der Waals surface area contributed by atoms with E-state index in [4.69, 9.17) is 32.4 Å².